The molecular weight excluding hydrogens is 493 g/mol. The van der Waals surface area contributed by atoms with Gasteiger partial charge in [0.1, 0.15) is 23.0 Å². The van der Waals surface area contributed by atoms with Crippen LogP contribution in [0.3, 0.4) is 0 Å². The molecule has 0 spiro atoms. The molecule has 0 saturated carbocycles. The van der Waals surface area contributed by atoms with Gasteiger partial charge in [0, 0.05) is 29.9 Å². The SMILES string of the molecule is CNCC(=O)N1CCCC1c1cc2[nH]c(-c3ccccn3)nc2cc1Oc1ccc(-c2ccccc2F)cc1. The number of amides is 1. The molecular formula is C31H28FN5O2. The largest absolute Gasteiger partial charge is 0.457 e. The van der Waals surface area contributed by atoms with E-state index in [2.05, 4.69) is 15.3 Å². The number of fused-ring (bicyclic) bond motifs is 1. The lowest BCUT2D eigenvalue weighted by molar-refractivity contribution is -0.131. The van der Waals surface area contributed by atoms with E-state index in [0.29, 0.717) is 29.4 Å². The number of pyridine rings is 1. The van der Waals surface area contributed by atoms with Crippen LogP contribution in [0.2, 0.25) is 0 Å². The van der Waals surface area contributed by atoms with Crippen LogP contribution in [0.25, 0.3) is 33.7 Å². The molecule has 0 radical (unpaired) electrons. The van der Waals surface area contributed by atoms with Gasteiger partial charge in [-0.05, 0) is 61.9 Å². The first-order chi connectivity index (χ1) is 19.1. The van der Waals surface area contributed by atoms with Crippen molar-refractivity contribution in [2.24, 2.45) is 0 Å². The Morgan fingerprint density at radius 3 is 2.69 bits per heavy atom. The number of likely N-dealkylation sites (tertiary alicyclic amines) is 1. The lowest BCUT2D eigenvalue weighted by Gasteiger charge is -2.26. The number of nitrogens with zero attached hydrogens (tertiary/aromatic N) is 3. The number of hydrogen-bond acceptors (Lipinski definition) is 5. The van der Waals surface area contributed by atoms with Crippen molar-refractivity contribution in [2.75, 3.05) is 20.1 Å². The number of ether oxygens (including phenoxy) is 1. The first-order valence-electron chi connectivity index (χ1n) is 13.0. The van der Waals surface area contributed by atoms with E-state index in [0.717, 1.165) is 40.7 Å². The molecule has 1 unspecified atom stereocenters. The summed E-state index contributed by atoms with van der Waals surface area (Å²) in [6.45, 7) is 0.975. The first kappa shape index (κ1) is 24.8. The molecule has 1 aliphatic heterocycles. The zero-order valence-electron chi connectivity index (χ0n) is 21.5. The maximum Gasteiger partial charge on any atom is 0.237 e. The van der Waals surface area contributed by atoms with Crippen molar-refractivity contribution in [3.8, 4) is 34.1 Å². The van der Waals surface area contributed by atoms with Crippen LogP contribution in [0, 0.1) is 5.82 Å². The predicted molar refractivity (Wildman–Crippen MR) is 149 cm³/mol. The molecule has 1 aliphatic rings. The number of nitrogens with one attached hydrogen (secondary N) is 2. The fourth-order valence-electron chi connectivity index (χ4n) is 5.19. The van der Waals surface area contributed by atoms with Crippen LogP contribution in [0.4, 0.5) is 4.39 Å². The topological polar surface area (TPSA) is 83.1 Å². The first-order valence-corrected chi connectivity index (χ1v) is 13.0. The van der Waals surface area contributed by atoms with Gasteiger partial charge in [-0.15, -0.1) is 0 Å². The molecule has 5 aromatic rings. The van der Waals surface area contributed by atoms with Crippen molar-refractivity contribution in [1.29, 1.82) is 0 Å². The van der Waals surface area contributed by atoms with E-state index in [1.165, 1.54) is 6.07 Å². The Morgan fingerprint density at radius 2 is 1.92 bits per heavy atom. The molecule has 2 aromatic heterocycles. The fourth-order valence-corrected chi connectivity index (χ4v) is 5.19. The van der Waals surface area contributed by atoms with E-state index in [4.69, 9.17) is 9.72 Å². The molecule has 1 amide bonds. The minimum Gasteiger partial charge on any atom is -0.457 e. The van der Waals surface area contributed by atoms with Gasteiger partial charge in [-0.2, -0.15) is 0 Å². The molecule has 0 aliphatic carbocycles. The number of halogens is 1. The number of H-pyrrole nitrogens is 1. The van der Waals surface area contributed by atoms with Crippen LogP contribution in [-0.2, 0) is 4.79 Å². The highest BCUT2D eigenvalue weighted by atomic mass is 19.1. The Morgan fingerprint density at radius 1 is 1.10 bits per heavy atom. The zero-order chi connectivity index (χ0) is 26.8. The summed E-state index contributed by atoms with van der Waals surface area (Å²) in [5, 5.41) is 2.97. The van der Waals surface area contributed by atoms with Crippen molar-refractivity contribution < 1.29 is 13.9 Å². The number of benzene rings is 3. The Balaban J connectivity index is 1.39. The molecule has 1 atom stereocenters. The molecule has 196 valence electrons. The Labute approximate surface area is 225 Å². The fraction of sp³-hybridized carbons (Fsp3) is 0.194. The Hall–Kier alpha value is -4.56. The highest BCUT2D eigenvalue weighted by Crippen LogP contribution is 2.41. The summed E-state index contributed by atoms with van der Waals surface area (Å²) >= 11 is 0. The average molecular weight is 522 g/mol. The third kappa shape index (κ3) is 4.98. The molecule has 8 heteroatoms. The van der Waals surface area contributed by atoms with E-state index in [1.807, 2.05) is 65.6 Å². The highest BCUT2D eigenvalue weighted by Gasteiger charge is 2.32. The second-order valence-electron chi connectivity index (χ2n) is 9.59. The zero-order valence-corrected chi connectivity index (χ0v) is 21.5. The minimum absolute atomic E-state index is 0.0547. The second-order valence-corrected chi connectivity index (χ2v) is 9.59. The molecule has 2 N–H and O–H groups in total. The van der Waals surface area contributed by atoms with Gasteiger partial charge in [0.15, 0.2) is 5.82 Å². The second kappa shape index (κ2) is 10.7. The number of likely N-dealkylation sites (N-methyl/N-ethyl adjacent to an activating group) is 1. The molecule has 6 rings (SSSR count). The summed E-state index contributed by atoms with van der Waals surface area (Å²) in [5.74, 6) is 1.70. The molecule has 3 heterocycles. The van der Waals surface area contributed by atoms with Crippen LogP contribution >= 0.6 is 0 Å². The van der Waals surface area contributed by atoms with Crippen molar-refractivity contribution in [3.63, 3.8) is 0 Å². The maximum atomic E-state index is 14.3. The Bertz CT molecular complexity index is 1620. The summed E-state index contributed by atoms with van der Waals surface area (Å²) in [7, 11) is 1.78. The molecule has 7 nitrogen and oxygen atoms in total. The number of imidazole rings is 1. The molecule has 39 heavy (non-hydrogen) atoms. The molecule has 1 fully saturated rings. The normalized spacial score (nSPS) is 15.1. The smallest absolute Gasteiger partial charge is 0.237 e. The number of aromatic nitrogens is 3. The quantitative estimate of drug-likeness (QED) is 0.270. The summed E-state index contributed by atoms with van der Waals surface area (Å²) in [4.78, 5) is 27.4. The summed E-state index contributed by atoms with van der Waals surface area (Å²) in [6, 6.07) is 23.6. The molecule has 0 bridgehead atoms. The van der Waals surface area contributed by atoms with Gasteiger partial charge in [0.25, 0.3) is 0 Å². The number of rotatable bonds is 7. The van der Waals surface area contributed by atoms with E-state index in [1.54, 1.807) is 25.4 Å². The monoisotopic (exact) mass is 521 g/mol. The van der Waals surface area contributed by atoms with Crippen LogP contribution in [0.1, 0.15) is 24.4 Å². The summed E-state index contributed by atoms with van der Waals surface area (Å²) in [5.41, 5.74) is 4.55. The number of aromatic amines is 1. The van der Waals surface area contributed by atoms with Gasteiger partial charge in [0.2, 0.25) is 5.91 Å². The van der Waals surface area contributed by atoms with Crippen molar-refractivity contribution in [2.45, 2.75) is 18.9 Å². The van der Waals surface area contributed by atoms with Crippen LogP contribution in [0.15, 0.2) is 85.1 Å². The van der Waals surface area contributed by atoms with Gasteiger partial charge in [-0.3, -0.25) is 9.78 Å². The van der Waals surface area contributed by atoms with Crippen LogP contribution in [0.5, 0.6) is 11.5 Å². The van der Waals surface area contributed by atoms with Gasteiger partial charge in [-0.25, -0.2) is 9.37 Å². The summed E-state index contributed by atoms with van der Waals surface area (Å²) in [6.07, 6.45) is 3.49. The van der Waals surface area contributed by atoms with E-state index >= 15 is 0 Å². The van der Waals surface area contributed by atoms with E-state index in [9.17, 15) is 9.18 Å². The van der Waals surface area contributed by atoms with Crippen molar-refractivity contribution in [3.05, 3.63) is 96.4 Å². The molecule has 1 saturated heterocycles. The average Bonchev–Trinajstić information content (AvgIpc) is 3.61. The van der Waals surface area contributed by atoms with Crippen molar-refractivity contribution in [1.82, 2.24) is 25.2 Å². The van der Waals surface area contributed by atoms with E-state index in [-0.39, 0.29) is 24.3 Å². The van der Waals surface area contributed by atoms with Gasteiger partial charge in [-0.1, -0.05) is 36.4 Å². The third-order valence-corrected chi connectivity index (χ3v) is 7.05. The minimum atomic E-state index is -0.270. The van der Waals surface area contributed by atoms with Gasteiger partial charge in [0.05, 0.1) is 23.6 Å². The number of carbonyl (C=O) groups excluding carboxylic acids is 1. The lowest BCUT2D eigenvalue weighted by Crippen LogP contribution is -2.36. The maximum absolute atomic E-state index is 14.3. The Kier molecular flexibility index (Phi) is 6.77. The third-order valence-electron chi connectivity index (χ3n) is 7.05. The van der Waals surface area contributed by atoms with Crippen LogP contribution < -0.4 is 10.1 Å². The number of carbonyl (C=O) groups is 1. The number of hydrogen-bond donors (Lipinski definition) is 2. The summed E-state index contributed by atoms with van der Waals surface area (Å²) < 4.78 is 20.7. The standard InChI is InChI=1S/C31H28FN5O2/c1-33-19-30(38)37-16-6-10-28(37)23-17-26-27(36-31(35-26)25-9-4-5-15-34-25)18-29(23)39-21-13-11-20(12-14-21)22-7-2-3-8-24(22)32/h2-5,7-9,11-15,17-18,28,33H,6,10,16,19H2,1H3,(H,35,36). The van der Waals surface area contributed by atoms with Gasteiger partial charge >= 0.3 is 0 Å². The van der Waals surface area contributed by atoms with Crippen LogP contribution in [-0.4, -0.2) is 45.9 Å². The molecule has 3 aromatic carbocycles. The predicted octanol–water partition coefficient (Wildman–Crippen LogP) is 6.11. The highest BCUT2D eigenvalue weighted by molar-refractivity contribution is 5.83. The van der Waals surface area contributed by atoms with E-state index < -0.39 is 0 Å². The lowest BCUT2D eigenvalue weighted by atomic mass is 10.0. The van der Waals surface area contributed by atoms with Crippen molar-refractivity contribution >= 4 is 16.9 Å². The van der Waals surface area contributed by atoms with Gasteiger partial charge < -0.3 is 19.9 Å².